The Bertz CT molecular complexity index is 793. The molecule has 0 aliphatic heterocycles. The Kier molecular flexibility index (Phi) is 4.18. The van der Waals surface area contributed by atoms with Crippen LogP contribution in [0.4, 0.5) is 0 Å². The van der Waals surface area contributed by atoms with Crippen LogP contribution in [-0.4, -0.2) is 37.3 Å². The topological polar surface area (TPSA) is 99.3 Å². The van der Waals surface area contributed by atoms with E-state index in [-0.39, 0.29) is 11.9 Å². The monoisotopic (exact) mass is 310 g/mol. The van der Waals surface area contributed by atoms with E-state index in [1.807, 2.05) is 38.1 Å². The number of rotatable bonds is 5. The third-order valence-electron chi connectivity index (χ3n) is 3.49. The van der Waals surface area contributed by atoms with Gasteiger partial charge in [0.1, 0.15) is 6.33 Å². The summed E-state index contributed by atoms with van der Waals surface area (Å²) in [5, 5.41) is 16.7. The van der Waals surface area contributed by atoms with Crippen molar-refractivity contribution in [3.63, 3.8) is 0 Å². The van der Waals surface area contributed by atoms with Gasteiger partial charge in [0.25, 0.3) is 5.91 Å². The van der Waals surface area contributed by atoms with Gasteiger partial charge in [-0.1, -0.05) is 18.2 Å². The summed E-state index contributed by atoms with van der Waals surface area (Å²) in [6, 6.07) is 9.26. The van der Waals surface area contributed by atoms with Crippen molar-refractivity contribution in [1.29, 1.82) is 0 Å². The Morgan fingerprint density at radius 2 is 2.13 bits per heavy atom. The SMILES string of the molecule is Cc1cc(CC(C)NC(=O)c2ccccc2-c2ncn[nH]2)n[nH]1. The number of H-pyrrole nitrogens is 2. The predicted octanol–water partition coefficient (Wildman–Crippen LogP) is 1.86. The zero-order valence-electron chi connectivity index (χ0n) is 13.0. The summed E-state index contributed by atoms with van der Waals surface area (Å²) in [4.78, 5) is 16.7. The molecule has 1 unspecified atom stereocenters. The van der Waals surface area contributed by atoms with Gasteiger partial charge in [-0.2, -0.15) is 10.2 Å². The van der Waals surface area contributed by atoms with Crippen LogP contribution in [0.3, 0.4) is 0 Å². The van der Waals surface area contributed by atoms with Crippen LogP contribution in [0, 0.1) is 6.92 Å². The molecule has 2 heterocycles. The summed E-state index contributed by atoms with van der Waals surface area (Å²) >= 11 is 0. The van der Waals surface area contributed by atoms with Crippen molar-refractivity contribution in [1.82, 2.24) is 30.7 Å². The number of benzene rings is 1. The number of nitrogens with zero attached hydrogens (tertiary/aromatic N) is 3. The molecule has 23 heavy (non-hydrogen) atoms. The first-order chi connectivity index (χ1) is 11.1. The number of aromatic nitrogens is 5. The number of carbonyl (C=O) groups is 1. The van der Waals surface area contributed by atoms with Crippen molar-refractivity contribution in [3.05, 3.63) is 53.6 Å². The van der Waals surface area contributed by atoms with E-state index in [4.69, 9.17) is 0 Å². The van der Waals surface area contributed by atoms with Crippen LogP contribution in [0.25, 0.3) is 11.4 Å². The maximum Gasteiger partial charge on any atom is 0.252 e. The molecular weight excluding hydrogens is 292 g/mol. The molecule has 118 valence electrons. The molecule has 1 aromatic carbocycles. The highest BCUT2D eigenvalue weighted by Crippen LogP contribution is 2.19. The second-order valence-corrected chi connectivity index (χ2v) is 5.50. The lowest BCUT2D eigenvalue weighted by molar-refractivity contribution is 0.0940. The molecule has 3 aromatic rings. The fraction of sp³-hybridized carbons (Fsp3) is 0.250. The van der Waals surface area contributed by atoms with Gasteiger partial charge in [-0.3, -0.25) is 15.0 Å². The lowest BCUT2D eigenvalue weighted by Gasteiger charge is -2.14. The number of aromatic amines is 2. The van der Waals surface area contributed by atoms with Crippen LogP contribution < -0.4 is 5.32 Å². The third kappa shape index (κ3) is 3.45. The van der Waals surface area contributed by atoms with Crippen LogP contribution in [0.1, 0.15) is 28.7 Å². The van der Waals surface area contributed by atoms with Gasteiger partial charge in [0, 0.05) is 23.7 Å². The minimum atomic E-state index is -0.142. The fourth-order valence-corrected chi connectivity index (χ4v) is 2.47. The highest BCUT2D eigenvalue weighted by molar-refractivity contribution is 6.00. The van der Waals surface area contributed by atoms with Crippen molar-refractivity contribution in [2.75, 3.05) is 0 Å². The second-order valence-electron chi connectivity index (χ2n) is 5.50. The summed E-state index contributed by atoms with van der Waals surface area (Å²) in [6.07, 6.45) is 2.09. The molecular formula is C16H18N6O. The summed E-state index contributed by atoms with van der Waals surface area (Å²) in [5.74, 6) is 0.433. The number of amides is 1. The first-order valence-electron chi connectivity index (χ1n) is 7.40. The quantitative estimate of drug-likeness (QED) is 0.670. The van der Waals surface area contributed by atoms with E-state index in [9.17, 15) is 4.79 Å². The Labute approximate surface area is 133 Å². The van der Waals surface area contributed by atoms with E-state index in [0.717, 1.165) is 17.0 Å². The average Bonchev–Trinajstić information content (AvgIpc) is 3.19. The smallest absolute Gasteiger partial charge is 0.252 e. The van der Waals surface area contributed by atoms with Crippen molar-refractivity contribution in [3.8, 4) is 11.4 Å². The van der Waals surface area contributed by atoms with Crippen LogP contribution in [0.15, 0.2) is 36.7 Å². The summed E-state index contributed by atoms with van der Waals surface area (Å²) in [5.41, 5.74) is 3.23. The highest BCUT2D eigenvalue weighted by Gasteiger charge is 2.16. The largest absolute Gasteiger partial charge is 0.349 e. The van der Waals surface area contributed by atoms with E-state index in [1.165, 1.54) is 6.33 Å². The molecule has 3 N–H and O–H groups in total. The second kappa shape index (κ2) is 6.43. The Morgan fingerprint density at radius 1 is 1.30 bits per heavy atom. The van der Waals surface area contributed by atoms with Crippen LogP contribution in [0.5, 0.6) is 0 Å². The molecule has 0 aliphatic carbocycles. The zero-order valence-corrected chi connectivity index (χ0v) is 13.0. The normalized spacial score (nSPS) is 12.1. The lowest BCUT2D eigenvalue weighted by atomic mass is 10.1. The fourth-order valence-electron chi connectivity index (χ4n) is 2.47. The Hall–Kier alpha value is -2.96. The average molecular weight is 310 g/mol. The van der Waals surface area contributed by atoms with E-state index in [2.05, 4.69) is 30.7 Å². The molecule has 1 atom stereocenters. The first-order valence-corrected chi connectivity index (χ1v) is 7.40. The summed E-state index contributed by atoms with van der Waals surface area (Å²) in [6.45, 7) is 3.91. The van der Waals surface area contributed by atoms with Gasteiger partial charge in [-0.05, 0) is 26.0 Å². The van der Waals surface area contributed by atoms with Crippen molar-refractivity contribution < 1.29 is 4.79 Å². The van der Waals surface area contributed by atoms with Gasteiger partial charge in [0.05, 0.1) is 11.3 Å². The molecule has 3 rings (SSSR count). The van der Waals surface area contributed by atoms with Crippen LogP contribution in [0.2, 0.25) is 0 Å². The molecule has 0 aliphatic rings. The van der Waals surface area contributed by atoms with Gasteiger partial charge in [-0.25, -0.2) is 4.98 Å². The first kappa shape index (κ1) is 15.0. The summed E-state index contributed by atoms with van der Waals surface area (Å²) in [7, 11) is 0. The molecule has 0 saturated carbocycles. The van der Waals surface area contributed by atoms with Gasteiger partial charge >= 0.3 is 0 Å². The van der Waals surface area contributed by atoms with E-state index in [1.54, 1.807) is 6.07 Å². The zero-order chi connectivity index (χ0) is 16.2. The molecule has 7 nitrogen and oxygen atoms in total. The molecule has 0 saturated heterocycles. The summed E-state index contributed by atoms with van der Waals surface area (Å²) < 4.78 is 0. The standard InChI is InChI=1S/C16H18N6O/c1-10(7-12-8-11(2)20-21-12)19-16(23)14-6-4-3-5-13(14)15-17-9-18-22-15/h3-6,8-10H,7H2,1-2H3,(H,19,23)(H,20,21)(H,17,18,22). The number of hydrogen-bond acceptors (Lipinski definition) is 4. The van der Waals surface area contributed by atoms with Crippen LogP contribution >= 0.6 is 0 Å². The molecule has 0 bridgehead atoms. The lowest BCUT2D eigenvalue weighted by Crippen LogP contribution is -2.34. The number of hydrogen-bond donors (Lipinski definition) is 3. The van der Waals surface area contributed by atoms with E-state index < -0.39 is 0 Å². The molecule has 0 fully saturated rings. The Morgan fingerprint density at radius 3 is 2.83 bits per heavy atom. The van der Waals surface area contributed by atoms with Crippen LogP contribution in [-0.2, 0) is 6.42 Å². The molecule has 7 heteroatoms. The third-order valence-corrected chi connectivity index (χ3v) is 3.49. The van der Waals surface area contributed by atoms with Gasteiger partial charge in [0.2, 0.25) is 0 Å². The maximum absolute atomic E-state index is 12.6. The van der Waals surface area contributed by atoms with E-state index in [0.29, 0.717) is 17.8 Å². The molecule has 2 aromatic heterocycles. The highest BCUT2D eigenvalue weighted by atomic mass is 16.1. The van der Waals surface area contributed by atoms with E-state index >= 15 is 0 Å². The van der Waals surface area contributed by atoms with Gasteiger partial charge in [-0.15, -0.1) is 0 Å². The van der Waals surface area contributed by atoms with Crippen molar-refractivity contribution >= 4 is 5.91 Å². The minimum Gasteiger partial charge on any atom is -0.349 e. The number of nitrogens with one attached hydrogen (secondary N) is 3. The Balaban J connectivity index is 1.73. The van der Waals surface area contributed by atoms with Gasteiger partial charge in [0.15, 0.2) is 5.82 Å². The molecule has 0 spiro atoms. The number of aryl methyl sites for hydroxylation is 1. The maximum atomic E-state index is 12.6. The van der Waals surface area contributed by atoms with Gasteiger partial charge < -0.3 is 5.32 Å². The van der Waals surface area contributed by atoms with Crippen molar-refractivity contribution in [2.45, 2.75) is 26.3 Å². The van der Waals surface area contributed by atoms with Crippen molar-refractivity contribution in [2.24, 2.45) is 0 Å². The minimum absolute atomic E-state index is 0.0343. The number of carbonyl (C=O) groups excluding carboxylic acids is 1. The molecule has 1 amide bonds. The molecule has 0 radical (unpaired) electrons. The predicted molar refractivity (Wildman–Crippen MR) is 85.8 cm³/mol.